The van der Waals surface area contributed by atoms with Gasteiger partial charge >= 0.3 is 6.09 Å². The number of rotatable bonds is 4. The van der Waals surface area contributed by atoms with Gasteiger partial charge in [-0.05, 0) is 50.2 Å². The molecule has 0 unspecified atom stereocenters. The van der Waals surface area contributed by atoms with Gasteiger partial charge in [0.15, 0.2) is 5.82 Å². The molecule has 128 valence electrons. The Morgan fingerprint density at radius 2 is 2.12 bits per heavy atom. The van der Waals surface area contributed by atoms with Gasteiger partial charge in [-0.3, -0.25) is 0 Å². The van der Waals surface area contributed by atoms with Crippen molar-refractivity contribution in [2.45, 2.75) is 38.5 Å². The van der Waals surface area contributed by atoms with Gasteiger partial charge in [0.1, 0.15) is 5.82 Å². The highest BCUT2D eigenvalue weighted by molar-refractivity contribution is 5.64. The summed E-state index contributed by atoms with van der Waals surface area (Å²) in [5.41, 5.74) is 8.21. The van der Waals surface area contributed by atoms with Crippen LogP contribution in [-0.4, -0.2) is 32.5 Å². The van der Waals surface area contributed by atoms with Crippen LogP contribution < -0.4 is 11.1 Å². The van der Waals surface area contributed by atoms with Gasteiger partial charge in [0.05, 0.1) is 5.69 Å². The molecule has 7 heteroatoms. The van der Waals surface area contributed by atoms with Gasteiger partial charge in [0, 0.05) is 24.7 Å². The van der Waals surface area contributed by atoms with Crippen LogP contribution in [0.4, 0.5) is 10.6 Å². The number of aryl methyl sites for hydroxylation is 1. The van der Waals surface area contributed by atoms with Crippen LogP contribution in [0.25, 0.3) is 5.82 Å². The van der Waals surface area contributed by atoms with Gasteiger partial charge < -0.3 is 16.2 Å². The van der Waals surface area contributed by atoms with Crippen LogP contribution in [0.1, 0.15) is 42.9 Å². The lowest BCUT2D eigenvalue weighted by Crippen LogP contribution is -2.29. The lowest BCUT2D eigenvalue weighted by Gasteiger charge is -2.27. The number of carbonyl (C=O) groups is 1. The normalized spacial score (nSPS) is 20.7. The van der Waals surface area contributed by atoms with E-state index < -0.39 is 6.09 Å². The molecule has 7 nitrogen and oxygen atoms in total. The number of carboxylic acid groups (broad SMARTS) is 1. The third-order valence-corrected chi connectivity index (χ3v) is 4.68. The van der Waals surface area contributed by atoms with E-state index in [9.17, 15) is 4.79 Å². The summed E-state index contributed by atoms with van der Waals surface area (Å²) >= 11 is 0. The van der Waals surface area contributed by atoms with Gasteiger partial charge in [-0.15, -0.1) is 0 Å². The largest absolute Gasteiger partial charge is 0.465 e. The van der Waals surface area contributed by atoms with E-state index in [4.69, 9.17) is 10.8 Å². The van der Waals surface area contributed by atoms with E-state index in [0.29, 0.717) is 24.2 Å². The highest BCUT2D eigenvalue weighted by Crippen LogP contribution is 2.35. The highest BCUT2D eigenvalue weighted by atomic mass is 16.4. The minimum absolute atomic E-state index is 0.375. The number of anilines is 1. The summed E-state index contributed by atoms with van der Waals surface area (Å²) in [6.45, 7) is 2.53. The van der Waals surface area contributed by atoms with Crippen molar-refractivity contribution in [2.24, 2.45) is 5.92 Å². The molecular weight excluding hydrogens is 306 g/mol. The molecule has 0 saturated heterocycles. The minimum atomic E-state index is -0.950. The van der Waals surface area contributed by atoms with E-state index >= 15 is 0 Å². The molecule has 2 heterocycles. The zero-order valence-electron chi connectivity index (χ0n) is 13.8. The molecule has 4 N–H and O–H groups in total. The van der Waals surface area contributed by atoms with Gasteiger partial charge in [0.25, 0.3) is 0 Å². The Balaban J connectivity index is 1.65. The van der Waals surface area contributed by atoms with E-state index in [-0.39, 0.29) is 0 Å². The van der Waals surface area contributed by atoms with Crippen molar-refractivity contribution in [3.63, 3.8) is 0 Å². The van der Waals surface area contributed by atoms with Crippen molar-refractivity contribution in [2.75, 3.05) is 12.3 Å². The van der Waals surface area contributed by atoms with E-state index in [1.807, 2.05) is 25.1 Å². The van der Waals surface area contributed by atoms with Crippen LogP contribution in [0.2, 0.25) is 0 Å². The average molecular weight is 329 g/mol. The number of amides is 1. The fraction of sp³-hybridized carbons (Fsp3) is 0.471. The summed E-state index contributed by atoms with van der Waals surface area (Å²) in [5, 5.41) is 15.8. The van der Waals surface area contributed by atoms with Crippen molar-refractivity contribution in [1.29, 1.82) is 0 Å². The predicted octanol–water partition coefficient (Wildman–Crippen LogP) is 2.70. The Morgan fingerprint density at radius 3 is 2.75 bits per heavy atom. The fourth-order valence-electron chi connectivity index (χ4n) is 3.28. The maximum absolute atomic E-state index is 10.6. The SMILES string of the molecule is Cc1ccc(-n2nc(C3CCC(CNC(=O)O)CC3)cc2N)nc1. The van der Waals surface area contributed by atoms with Crippen molar-refractivity contribution < 1.29 is 9.90 Å². The predicted molar refractivity (Wildman–Crippen MR) is 91.2 cm³/mol. The summed E-state index contributed by atoms with van der Waals surface area (Å²) in [4.78, 5) is 15.0. The monoisotopic (exact) mass is 329 g/mol. The molecule has 0 bridgehead atoms. The number of aromatic nitrogens is 3. The standard InChI is InChI=1S/C17H23N5O2/c1-11-2-7-16(19-9-11)22-15(18)8-14(21-22)13-5-3-12(4-6-13)10-20-17(23)24/h2,7-9,12-13,20H,3-6,10,18H2,1H3,(H,23,24). The summed E-state index contributed by atoms with van der Waals surface area (Å²) < 4.78 is 1.69. The number of nitrogens with two attached hydrogens (primary N) is 1. The number of hydrogen-bond donors (Lipinski definition) is 3. The summed E-state index contributed by atoms with van der Waals surface area (Å²) in [5.74, 6) is 2.11. The molecule has 1 aliphatic carbocycles. The van der Waals surface area contributed by atoms with Gasteiger partial charge in [-0.25, -0.2) is 9.78 Å². The number of hydrogen-bond acceptors (Lipinski definition) is 4. The molecule has 2 aromatic rings. The minimum Gasteiger partial charge on any atom is -0.465 e. The van der Waals surface area contributed by atoms with Crippen LogP contribution in [0.3, 0.4) is 0 Å². The molecule has 0 aliphatic heterocycles. The third kappa shape index (κ3) is 3.67. The molecule has 2 aromatic heterocycles. The third-order valence-electron chi connectivity index (χ3n) is 4.68. The molecule has 1 amide bonds. The first-order chi connectivity index (χ1) is 11.5. The second-order valence-corrected chi connectivity index (χ2v) is 6.50. The summed E-state index contributed by atoms with van der Waals surface area (Å²) in [7, 11) is 0. The molecule has 1 aliphatic rings. The lowest BCUT2D eigenvalue weighted by atomic mass is 9.80. The molecular formula is C17H23N5O2. The molecule has 3 rings (SSSR count). The first-order valence-electron chi connectivity index (χ1n) is 8.28. The topological polar surface area (TPSA) is 106 Å². The number of nitrogens with one attached hydrogen (secondary N) is 1. The van der Waals surface area contributed by atoms with E-state index in [1.165, 1.54) is 0 Å². The number of nitrogen functional groups attached to an aromatic ring is 1. The maximum atomic E-state index is 10.6. The first-order valence-corrected chi connectivity index (χ1v) is 8.28. The van der Waals surface area contributed by atoms with Crippen LogP contribution >= 0.6 is 0 Å². The van der Waals surface area contributed by atoms with Crippen LogP contribution in [0, 0.1) is 12.8 Å². The highest BCUT2D eigenvalue weighted by Gasteiger charge is 2.25. The van der Waals surface area contributed by atoms with Crippen LogP contribution in [0.5, 0.6) is 0 Å². The molecule has 24 heavy (non-hydrogen) atoms. The smallest absolute Gasteiger partial charge is 0.404 e. The van der Waals surface area contributed by atoms with Crippen LogP contribution in [0.15, 0.2) is 24.4 Å². The molecule has 1 saturated carbocycles. The van der Waals surface area contributed by atoms with Crippen molar-refractivity contribution in [3.8, 4) is 5.82 Å². The second-order valence-electron chi connectivity index (χ2n) is 6.50. The average Bonchev–Trinajstić information content (AvgIpc) is 2.96. The number of pyridine rings is 1. The Kier molecular flexibility index (Phi) is 4.69. The summed E-state index contributed by atoms with van der Waals surface area (Å²) in [6, 6.07) is 5.84. The molecule has 1 fully saturated rings. The number of nitrogens with zero attached hydrogens (tertiary/aromatic N) is 3. The first kappa shape index (κ1) is 16.3. The van der Waals surface area contributed by atoms with Crippen molar-refractivity contribution >= 4 is 11.9 Å². The van der Waals surface area contributed by atoms with E-state index in [2.05, 4.69) is 15.4 Å². The lowest BCUT2D eigenvalue weighted by molar-refractivity contribution is 0.189. The van der Waals surface area contributed by atoms with Crippen LogP contribution in [-0.2, 0) is 0 Å². The Labute approximate surface area is 140 Å². The Morgan fingerprint density at radius 1 is 1.38 bits per heavy atom. The summed E-state index contributed by atoms with van der Waals surface area (Å²) in [6.07, 6.45) is 4.86. The Bertz CT molecular complexity index is 702. The molecule has 0 aromatic carbocycles. The second kappa shape index (κ2) is 6.90. The van der Waals surface area contributed by atoms with Gasteiger partial charge in [-0.1, -0.05) is 6.07 Å². The molecule has 0 radical (unpaired) electrons. The molecule has 0 atom stereocenters. The quantitative estimate of drug-likeness (QED) is 0.799. The van der Waals surface area contributed by atoms with Crippen molar-refractivity contribution in [3.05, 3.63) is 35.7 Å². The molecule has 0 spiro atoms. The van der Waals surface area contributed by atoms with E-state index in [1.54, 1.807) is 10.9 Å². The maximum Gasteiger partial charge on any atom is 0.404 e. The fourth-order valence-corrected chi connectivity index (χ4v) is 3.28. The van der Waals surface area contributed by atoms with E-state index in [0.717, 1.165) is 42.8 Å². The van der Waals surface area contributed by atoms with Gasteiger partial charge in [0.2, 0.25) is 0 Å². The van der Waals surface area contributed by atoms with Crippen molar-refractivity contribution in [1.82, 2.24) is 20.1 Å². The zero-order chi connectivity index (χ0) is 17.1. The zero-order valence-corrected chi connectivity index (χ0v) is 13.8. The Hall–Kier alpha value is -2.57. The van der Waals surface area contributed by atoms with Gasteiger partial charge in [-0.2, -0.15) is 9.78 Å².